The third-order valence-electron chi connectivity index (χ3n) is 2.48. The molecule has 0 atom stereocenters. The summed E-state index contributed by atoms with van der Waals surface area (Å²) >= 11 is 0. The van der Waals surface area contributed by atoms with Gasteiger partial charge in [0.2, 0.25) is 0 Å². The van der Waals surface area contributed by atoms with Crippen molar-refractivity contribution >= 4 is 22.8 Å². The second kappa shape index (κ2) is 4.77. The van der Waals surface area contributed by atoms with Crippen molar-refractivity contribution in [1.82, 2.24) is 10.3 Å². The average Bonchev–Trinajstić information content (AvgIpc) is 2.89. The lowest BCUT2D eigenvalue weighted by molar-refractivity contribution is 0.215. The molecule has 3 rings (SSSR count). The maximum atomic E-state index is 11.7. The summed E-state index contributed by atoms with van der Waals surface area (Å²) in [7, 11) is 0. The Kier molecular flexibility index (Phi) is 2.82. The Morgan fingerprint density at radius 3 is 2.74 bits per heavy atom. The normalized spacial score (nSPS) is 10.3. The van der Waals surface area contributed by atoms with Gasteiger partial charge >= 0.3 is 6.09 Å². The van der Waals surface area contributed by atoms with E-state index in [0.717, 1.165) is 0 Å². The minimum Gasteiger partial charge on any atom is -0.410 e. The minimum atomic E-state index is -0.596. The highest BCUT2D eigenvalue weighted by atomic mass is 16.6. The van der Waals surface area contributed by atoms with E-state index in [1.54, 1.807) is 42.5 Å². The van der Waals surface area contributed by atoms with E-state index < -0.39 is 6.09 Å². The minimum absolute atomic E-state index is 0.463. The molecule has 0 unspecified atom stereocenters. The number of rotatable bonds is 2. The van der Waals surface area contributed by atoms with Crippen LogP contribution in [-0.2, 0) is 0 Å². The van der Waals surface area contributed by atoms with Gasteiger partial charge in [-0.1, -0.05) is 24.3 Å². The molecule has 0 spiro atoms. The summed E-state index contributed by atoms with van der Waals surface area (Å²) in [4.78, 5) is 11.7. The zero-order chi connectivity index (χ0) is 13.1. The van der Waals surface area contributed by atoms with Crippen LogP contribution in [0.15, 0.2) is 53.2 Å². The monoisotopic (exact) mass is 255 g/mol. The van der Waals surface area contributed by atoms with E-state index in [0.29, 0.717) is 22.5 Å². The summed E-state index contributed by atoms with van der Waals surface area (Å²) in [5.74, 6) is 0.463. The number of fused-ring (bicyclic) bond motifs is 1. The van der Waals surface area contributed by atoms with E-state index in [1.807, 2.05) is 6.07 Å². The van der Waals surface area contributed by atoms with Crippen molar-refractivity contribution in [1.29, 1.82) is 0 Å². The summed E-state index contributed by atoms with van der Waals surface area (Å²) in [5.41, 5.74) is 1.53. The quantitative estimate of drug-likeness (QED) is 0.761. The lowest BCUT2D eigenvalue weighted by Gasteiger charge is -2.06. The number of carbonyl (C=O) groups is 1. The molecule has 0 fully saturated rings. The van der Waals surface area contributed by atoms with Gasteiger partial charge in [-0.3, -0.25) is 5.32 Å². The molecule has 94 valence electrons. The molecule has 6 heteroatoms. The van der Waals surface area contributed by atoms with Crippen LogP contribution in [0.4, 0.5) is 10.5 Å². The van der Waals surface area contributed by atoms with Gasteiger partial charge in [-0.05, 0) is 34.6 Å². The summed E-state index contributed by atoms with van der Waals surface area (Å²) in [5, 5.41) is 10.0. The predicted octanol–water partition coefficient (Wildman–Crippen LogP) is 2.83. The molecule has 0 bridgehead atoms. The van der Waals surface area contributed by atoms with E-state index in [9.17, 15) is 4.79 Å². The van der Waals surface area contributed by atoms with Crippen molar-refractivity contribution in [2.75, 3.05) is 5.32 Å². The number of nitrogens with zero attached hydrogens (tertiary/aromatic N) is 2. The molecule has 0 aliphatic rings. The Labute approximate surface area is 107 Å². The maximum Gasteiger partial charge on any atom is 0.417 e. The molecule has 6 nitrogen and oxygen atoms in total. The Balaban J connectivity index is 1.78. The molecule has 1 amide bonds. The van der Waals surface area contributed by atoms with E-state index in [-0.39, 0.29) is 0 Å². The molecule has 2 aromatic carbocycles. The van der Waals surface area contributed by atoms with Crippen LogP contribution < -0.4 is 10.1 Å². The Morgan fingerprint density at radius 1 is 1.05 bits per heavy atom. The Morgan fingerprint density at radius 2 is 1.89 bits per heavy atom. The highest BCUT2D eigenvalue weighted by Gasteiger charge is 2.10. The third-order valence-corrected chi connectivity index (χ3v) is 2.48. The first kappa shape index (κ1) is 11.2. The summed E-state index contributed by atoms with van der Waals surface area (Å²) < 4.78 is 9.73. The zero-order valence-corrected chi connectivity index (χ0v) is 9.74. The van der Waals surface area contributed by atoms with Gasteiger partial charge in [0.1, 0.15) is 11.3 Å². The van der Waals surface area contributed by atoms with Crippen molar-refractivity contribution in [3.63, 3.8) is 0 Å². The molecule has 0 aliphatic carbocycles. The number of nitrogens with one attached hydrogen (secondary N) is 1. The van der Waals surface area contributed by atoms with Crippen molar-refractivity contribution in [2.24, 2.45) is 0 Å². The smallest absolute Gasteiger partial charge is 0.410 e. The number of ether oxygens (including phenoxy) is 1. The molecule has 0 saturated carbocycles. The molecule has 1 aromatic heterocycles. The SMILES string of the molecule is O=C(Nc1cccc2nonc12)Oc1ccccc1. The number of hydrogen-bond donors (Lipinski definition) is 1. The number of amides is 1. The van der Waals surface area contributed by atoms with Gasteiger partial charge in [-0.25, -0.2) is 9.42 Å². The van der Waals surface area contributed by atoms with Crippen molar-refractivity contribution < 1.29 is 14.2 Å². The topological polar surface area (TPSA) is 77.3 Å². The fourth-order valence-electron chi connectivity index (χ4n) is 1.64. The van der Waals surface area contributed by atoms with Crippen LogP contribution in [0.1, 0.15) is 0 Å². The van der Waals surface area contributed by atoms with Gasteiger partial charge in [-0.15, -0.1) is 0 Å². The molecule has 0 radical (unpaired) electrons. The van der Waals surface area contributed by atoms with Gasteiger partial charge in [0, 0.05) is 0 Å². The second-order valence-corrected chi connectivity index (χ2v) is 3.77. The fourth-order valence-corrected chi connectivity index (χ4v) is 1.64. The maximum absolute atomic E-state index is 11.7. The number of benzene rings is 2. The van der Waals surface area contributed by atoms with E-state index in [2.05, 4.69) is 20.3 Å². The fraction of sp³-hybridized carbons (Fsp3) is 0. The van der Waals surface area contributed by atoms with Crippen molar-refractivity contribution in [3.05, 3.63) is 48.5 Å². The highest BCUT2D eigenvalue weighted by molar-refractivity contribution is 5.96. The van der Waals surface area contributed by atoms with E-state index >= 15 is 0 Å². The van der Waals surface area contributed by atoms with Crippen LogP contribution in [0.5, 0.6) is 5.75 Å². The standard InChI is InChI=1S/C13H9N3O3/c17-13(18-9-5-2-1-3-6-9)14-10-7-4-8-11-12(10)16-19-15-11/h1-8H,(H,14,17). The summed E-state index contributed by atoms with van der Waals surface area (Å²) in [6, 6.07) is 14.0. The lowest BCUT2D eigenvalue weighted by atomic mass is 10.3. The summed E-state index contributed by atoms with van der Waals surface area (Å²) in [6.07, 6.45) is -0.596. The molecular weight excluding hydrogens is 246 g/mol. The first-order chi connectivity index (χ1) is 9.33. The zero-order valence-electron chi connectivity index (χ0n) is 9.74. The van der Waals surface area contributed by atoms with Gasteiger partial charge in [0.05, 0.1) is 5.69 Å². The number of para-hydroxylation sites is 1. The first-order valence-corrected chi connectivity index (χ1v) is 5.58. The van der Waals surface area contributed by atoms with Crippen LogP contribution in [-0.4, -0.2) is 16.4 Å². The molecule has 0 aliphatic heterocycles. The highest BCUT2D eigenvalue weighted by Crippen LogP contribution is 2.20. The Hall–Kier alpha value is -2.89. The number of carbonyl (C=O) groups excluding carboxylic acids is 1. The van der Waals surface area contributed by atoms with Crippen molar-refractivity contribution in [3.8, 4) is 5.75 Å². The van der Waals surface area contributed by atoms with Crippen LogP contribution in [0.25, 0.3) is 11.0 Å². The third kappa shape index (κ3) is 2.37. The molecular formula is C13H9N3O3. The van der Waals surface area contributed by atoms with Gasteiger partial charge < -0.3 is 4.74 Å². The lowest BCUT2D eigenvalue weighted by Crippen LogP contribution is -2.16. The average molecular weight is 255 g/mol. The predicted molar refractivity (Wildman–Crippen MR) is 67.9 cm³/mol. The number of anilines is 1. The Bertz CT molecular complexity index is 709. The first-order valence-electron chi connectivity index (χ1n) is 5.58. The molecule has 0 saturated heterocycles. The number of aromatic nitrogens is 2. The van der Waals surface area contributed by atoms with Crippen molar-refractivity contribution in [2.45, 2.75) is 0 Å². The van der Waals surface area contributed by atoms with E-state index in [1.165, 1.54) is 0 Å². The second-order valence-electron chi connectivity index (χ2n) is 3.77. The van der Waals surface area contributed by atoms with Crippen LogP contribution in [0.2, 0.25) is 0 Å². The molecule has 19 heavy (non-hydrogen) atoms. The van der Waals surface area contributed by atoms with Crippen LogP contribution >= 0.6 is 0 Å². The van der Waals surface area contributed by atoms with Gasteiger partial charge in [0.15, 0.2) is 5.52 Å². The molecule has 3 aromatic rings. The van der Waals surface area contributed by atoms with Gasteiger partial charge in [-0.2, -0.15) is 0 Å². The largest absolute Gasteiger partial charge is 0.417 e. The molecule has 1 N–H and O–H groups in total. The van der Waals surface area contributed by atoms with E-state index in [4.69, 9.17) is 4.74 Å². The van der Waals surface area contributed by atoms with Gasteiger partial charge in [0.25, 0.3) is 0 Å². The van der Waals surface area contributed by atoms with Crippen LogP contribution in [0.3, 0.4) is 0 Å². The molecule has 1 heterocycles. The van der Waals surface area contributed by atoms with Crippen LogP contribution in [0, 0.1) is 0 Å². The number of hydrogen-bond acceptors (Lipinski definition) is 5. The summed E-state index contributed by atoms with van der Waals surface area (Å²) in [6.45, 7) is 0.